The Morgan fingerprint density at radius 2 is 1.88 bits per heavy atom. The molecular weight excluding hydrogens is 302 g/mol. The molecule has 0 aliphatic carbocycles. The molecule has 2 aliphatic heterocycles. The van der Waals surface area contributed by atoms with E-state index in [0.29, 0.717) is 0 Å². The van der Waals surface area contributed by atoms with Crippen LogP contribution in [0, 0.1) is 5.92 Å². The van der Waals surface area contributed by atoms with Gasteiger partial charge in [-0.25, -0.2) is 9.97 Å². The van der Waals surface area contributed by atoms with Crippen molar-refractivity contribution in [3.05, 3.63) is 12.4 Å². The second kappa shape index (κ2) is 8.12. The molecule has 0 radical (unpaired) electrons. The summed E-state index contributed by atoms with van der Waals surface area (Å²) in [7, 11) is 4.30. The van der Waals surface area contributed by atoms with Gasteiger partial charge in [0.05, 0.1) is 12.6 Å². The highest BCUT2D eigenvalue weighted by molar-refractivity contribution is 5.51. The van der Waals surface area contributed by atoms with Crippen molar-refractivity contribution in [3.63, 3.8) is 0 Å². The Labute approximate surface area is 145 Å². The topological polar surface area (TPSA) is 55.7 Å². The predicted octanol–water partition coefficient (Wildman–Crippen LogP) is 1.61. The van der Waals surface area contributed by atoms with Gasteiger partial charge in [0.1, 0.15) is 18.0 Å². The van der Waals surface area contributed by atoms with Crippen LogP contribution in [-0.2, 0) is 0 Å². The van der Waals surface area contributed by atoms with Gasteiger partial charge in [0.25, 0.3) is 0 Å². The predicted molar refractivity (Wildman–Crippen MR) is 97.6 cm³/mol. The maximum absolute atomic E-state index is 9.54. The summed E-state index contributed by atoms with van der Waals surface area (Å²) in [5.41, 5.74) is 0. The average Bonchev–Trinajstić information content (AvgIpc) is 3.09. The van der Waals surface area contributed by atoms with E-state index in [1.54, 1.807) is 6.33 Å². The minimum atomic E-state index is 0.205. The normalized spacial score (nSPS) is 22.6. The minimum Gasteiger partial charge on any atom is -0.394 e. The standard InChI is InChI=1S/C18H31N5O/c1-21(2)9-5-15-6-10-22(11-7-15)17-12-18(20-14-19-17)23-8-3-4-16(23)13-24/h12,14-16,24H,3-11,13H2,1-2H3/t16-/m1/s1. The van der Waals surface area contributed by atoms with Crippen LogP contribution in [0.25, 0.3) is 0 Å². The van der Waals surface area contributed by atoms with Crippen molar-refractivity contribution in [2.75, 3.05) is 56.7 Å². The lowest BCUT2D eigenvalue weighted by molar-refractivity contribution is 0.266. The van der Waals surface area contributed by atoms with Gasteiger partial charge in [-0.3, -0.25) is 0 Å². The molecule has 0 bridgehead atoms. The van der Waals surface area contributed by atoms with Crippen molar-refractivity contribution in [2.24, 2.45) is 5.92 Å². The fourth-order valence-corrected chi connectivity index (χ4v) is 3.89. The third kappa shape index (κ3) is 4.16. The molecule has 2 saturated heterocycles. The number of aliphatic hydroxyl groups is 1. The number of piperidine rings is 1. The number of hydrogen-bond donors (Lipinski definition) is 1. The van der Waals surface area contributed by atoms with Crippen LogP contribution in [0.1, 0.15) is 32.1 Å². The van der Waals surface area contributed by atoms with E-state index in [0.717, 1.165) is 50.0 Å². The summed E-state index contributed by atoms with van der Waals surface area (Å²) >= 11 is 0. The Balaban J connectivity index is 1.59. The van der Waals surface area contributed by atoms with Gasteiger partial charge in [-0.05, 0) is 58.7 Å². The van der Waals surface area contributed by atoms with Crippen LogP contribution in [0.15, 0.2) is 12.4 Å². The number of nitrogens with zero attached hydrogens (tertiary/aromatic N) is 5. The molecule has 3 rings (SSSR count). The summed E-state index contributed by atoms with van der Waals surface area (Å²) in [5.74, 6) is 2.84. The van der Waals surface area contributed by atoms with E-state index >= 15 is 0 Å². The molecule has 24 heavy (non-hydrogen) atoms. The molecule has 1 aromatic heterocycles. The van der Waals surface area contributed by atoms with Crippen LogP contribution in [0.3, 0.4) is 0 Å². The van der Waals surface area contributed by atoms with Gasteiger partial charge in [-0.2, -0.15) is 0 Å². The number of rotatable bonds is 6. The van der Waals surface area contributed by atoms with E-state index in [-0.39, 0.29) is 12.6 Å². The molecule has 134 valence electrons. The SMILES string of the molecule is CN(C)CCC1CCN(c2cc(N3CCC[C@@H]3CO)ncn2)CC1. The minimum absolute atomic E-state index is 0.205. The molecule has 0 spiro atoms. The second-order valence-corrected chi connectivity index (χ2v) is 7.43. The summed E-state index contributed by atoms with van der Waals surface area (Å²) in [6.07, 6.45) is 7.64. The summed E-state index contributed by atoms with van der Waals surface area (Å²) in [5, 5.41) is 9.54. The Kier molecular flexibility index (Phi) is 5.89. The Bertz CT molecular complexity index is 516. The molecule has 6 nitrogen and oxygen atoms in total. The van der Waals surface area contributed by atoms with E-state index in [9.17, 15) is 5.11 Å². The highest BCUT2D eigenvalue weighted by Crippen LogP contribution is 2.28. The highest BCUT2D eigenvalue weighted by atomic mass is 16.3. The Morgan fingerprint density at radius 3 is 2.58 bits per heavy atom. The molecule has 0 saturated carbocycles. The zero-order valence-electron chi connectivity index (χ0n) is 15.1. The number of aromatic nitrogens is 2. The monoisotopic (exact) mass is 333 g/mol. The maximum atomic E-state index is 9.54. The molecule has 0 amide bonds. The van der Waals surface area contributed by atoms with Crippen LogP contribution >= 0.6 is 0 Å². The molecule has 1 atom stereocenters. The van der Waals surface area contributed by atoms with Crippen molar-refractivity contribution < 1.29 is 5.11 Å². The van der Waals surface area contributed by atoms with Crippen LogP contribution in [0.2, 0.25) is 0 Å². The first-order valence-corrected chi connectivity index (χ1v) is 9.26. The molecular formula is C18H31N5O. The van der Waals surface area contributed by atoms with Crippen molar-refractivity contribution in [2.45, 2.75) is 38.1 Å². The molecule has 6 heteroatoms. The summed E-state index contributed by atoms with van der Waals surface area (Å²) in [6.45, 7) is 4.53. The average molecular weight is 333 g/mol. The van der Waals surface area contributed by atoms with Crippen molar-refractivity contribution in [1.82, 2.24) is 14.9 Å². The van der Waals surface area contributed by atoms with Gasteiger partial charge >= 0.3 is 0 Å². The van der Waals surface area contributed by atoms with E-state index in [1.165, 1.54) is 25.8 Å². The first-order chi connectivity index (χ1) is 11.7. The van der Waals surface area contributed by atoms with Gasteiger partial charge in [0, 0.05) is 25.7 Å². The quantitative estimate of drug-likeness (QED) is 0.853. The Hall–Kier alpha value is -1.40. The van der Waals surface area contributed by atoms with Gasteiger partial charge in [-0.15, -0.1) is 0 Å². The fraction of sp³-hybridized carbons (Fsp3) is 0.778. The molecule has 1 aromatic rings. The van der Waals surface area contributed by atoms with Crippen molar-refractivity contribution >= 4 is 11.6 Å². The Morgan fingerprint density at radius 1 is 1.12 bits per heavy atom. The largest absolute Gasteiger partial charge is 0.394 e. The lowest BCUT2D eigenvalue weighted by Crippen LogP contribution is -2.36. The molecule has 0 unspecified atom stereocenters. The molecule has 2 fully saturated rings. The summed E-state index contributed by atoms with van der Waals surface area (Å²) < 4.78 is 0. The van der Waals surface area contributed by atoms with E-state index in [2.05, 4.69) is 44.8 Å². The van der Waals surface area contributed by atoms with Crippen molar-refractivity contribution in [1.29, 1.82) is 0 Å². The number of hydrogen-bond acceptors (Lipinski definition) is 6. The lowest BCUT2D eigenvalue weighted by Gasteiger charge is -2.34. The second-order valence-electron chi connectivity index (χ2n) is 7.43. The number of anilines is 2. The van der Waals surface area contributed by atoms with Crippen molar-refractivity contribution in [3.8, 4) is 0 Å². The van der Waals surface area contributed by atoms with Gasteiger partial charge in [-0.1, -0.05) is 0 Å². The summed E-state index contributed by atoms with van der Waals surface area (Å²) in [6, 6.07) is 2.32. The first kappa shape index (κ1) is 17.4. The van der Waals surface area contributed by atoms with Gasteiger partial charge < -0.3 is 19.8 Å². The summed E-state index contributed by atoms with van der Waals surface area (Å²) in [4.78, 5) is 15.8. The van der Waals surface area contributed by atoms with Crippen LogP contribution in [-0.4, -0.2) is 72.9 Å². The first-order valence-electron chi connectivity index (χ1n) is 9.26. The van der Waals surface area contributed by atoms with Gasteiger partial charge in [0.2, 0.25) is 0 Å². The zero-order chi connectivity index (χ0) is 16.9. The van der Waals surface area contributed by atoms with E-state index < -0.39 is 0 Å². The van der Waals surface area contributed by atoms with Crippen LogP contribution in [0.5, 0.6) is 0 Å². The molecule has 0 aromatic carbocycles. The maximum Gasteiger partial charge on any atom is 0.134 e. The fourth-order valence-electron chi connectivity index (χ4n) is 3.89. The van der Waals surface area contributed by atoms with E-state index in [1.807, 2.05) is 0 Å². The van der Waals surface area contributed by atoms with E-state index in [4.69, 9.17) is 0 Å². The third-order valence-electron chi connectivity index (χ3n) is 5.44. The van der Waals surface area contributed by atoms with Crippen LogP contribution in [0.4, 0.5) is 11.6 Å². The molecule has 3 heterocycles. The lowest BCUT2D eigenvalue weighted by atomic mass is 9.93. The zero-order valence-corrected chi connectivity index (χ0v) is 15.1. The highest BCUT2D eigenvalue weighted by Gasteiger charge is 2.26. The third-order valence-corrected chi connectivity index (χ3v) is 5.44. The molecule has 1 N–H and O–H groups in total. The number of aliphatic hydroxyl groups excluding tert-OH is 1. The smallest absolute Gasteiger partial charge is 0.134 e. The molecule has 2 aliphatic rings. The van der Waals surface area contributed by atoms with Gasteiger partial charge in [0.15, 0.2) is 0 Å². The van der Waals surface area contributed by atoms with Crippen LogP contribution < -0.4 is 9.80 Å².